The van der Waals surface area contributed by atoms with E-state index in [-0.39, 0.29) is 5.91 Å². The third kappa shape index (κ3) is 3.27. The molecule has 116 valence electrons. The van der Waals surface area contributed by atoms with Crippen LogP contribution in [0, 0.1) is 28.2 Å². The molecular formula is C16H24IN3O. The Morgan fingerprint density at radius 2 is 2.33 bits per heavy atom. The topological polar surface area (TPSA) is 46.9 Å². The Kier molecular flexibility index (Phi) is 4.57. The number of aromatic nitrogens is 2. The van der Waals surface area contributed by atoms with Gasteiger partial charge in [0.2, 0.25) is 5.91 Å². The molecule has 0 unspecified atom stereocenters. The minimum Gasteiger partial charge on any atom is -0.353 e. The van der Waals surface area contributed by atoms with E-state index in [2.05, 4.69) is 39.9 Å². The number of rotatable bonds is 5. The fourth-order valence-corrected chi connectivity index (χ4v) is 4.60. The number of nitrogens with zero attached hydrogens (tertiary/aromatic N) is 2. The summed E-state index contributed by atoms with van der Waals surface area (Å²) in [5.41, 5.74) is 1.14. The monoisotopic (exact) mass is 401 g/mol. The number of hydrogen-bond acceptors (Lipinski definition) is 2. The lowest BCUT2D eigenvalue weighted by Gasteiger charge is -2.28. The highest BCUT2D eigenvalue weighted by Crippen LogP contribution is 2.49. The minimum absolute atomic E-state index is 0.162. The Bertz CT molecular complexity index is 528. The zero-order valence-electron chi connectivity index (χ0n) is 12.8. The summed E-state index contributed by atoms with van der Waals surface area (Å²) in [5.74, 6) is 2.67. The lowest BCUT2D eigenvalue weighted by molar-refractivity contribution is -0.122. The van der Waals surface area contributed by atoms with E-state index in [4.69, 9.17) is 0 Å². The largest absolute Gasteiger partial charge is 0.353 e. The maximum Gasteiger partial charge on any atom is 0.222 e. The van der Waals surface area contributed by atoms with E-state index in [0.29, 0.717) is 24.9 Å². The Morgan fingerprint density at radius 1 is 1.52 bits per heavy atom. The van der Waals surface area contributed by atoms with Gasteiger partial charge < -0.3 is 5.32 Å². The van der Waals surface area contributed by atoms with Crippen molar-refractivity contribution in [2.75, 3.05) is 0 Å². The summed E-state index contributed by atoms with van der Waals surface area (Å²) in [6.45, 7) is 4.90. The highest BCUT2D eigenvalue weighted by Gasteiger charge is 2.42. The van der Waals surface area contributed by atoms with Gasteiger partial charge in [0.15, 0.2) is 0 Å². The molecule has 1 aromatic rings. The van der Waals surface area contributed by atoms with Crippen molar-refractivity contribution in [3.63, 3.8) is 0 Å². The molecule has 2 saturated carbocycles. The Hall–Kier alpha value is -0.590. The number of carbonyl (C=O) groups excluding carboxylic acids is 1. The smallest absolute Gasteiger partial charge is 0.222 e. The SMILES string of the molecule is Cc1c(I)cnn1CCC(=O)N[C@H](C)[C@H]1C[C@H]2CC[C@H]1C2. The molecule has 0 spiro atoms. The average Bonchev–Trinajstić information content (AvgIpc) is 3.15. The van der Waals surface area contributed by atoms with Gasteiger partial charge in [-0.2, -0.15) is 5.10 Å². The van der Waals surface area contributed by atoms with E-state index in [1.165, 1.54) is 25.7 Å². The molecule has 1 aromatic heterocycles. The van der Waals surface area contributed by atoms with Crippen LogP contribution in [0.3, 0.4) is 0 Å². The number of amides is 1. The predicted molar refractivity (Wildman–Crippen MR) is 90.8 cm³/mol. The van der Waals surface area contributed by atoms with E-state index in [1.54, 1.807) is 0 Å². The molecule has 4 atom stereocenters. The second kappa shape index (κ2) is 6.26. The standard InChI is InChI=1S/C16H24IN3O/c1-10(14-8-12-3-4-13(14)7-12)19-16(21)5-6-20-11(2)15(17)9-18-20/h9-10,12-14H,3-8H2,1-2H3,(H,19,21)/t10-,12+,13+,14-/m1/s1. The minimum atomic E-state index is 0.162. The Morgan fingerprint density at radius 3 is 2.90 bits per heavy atom. The van der Waals surface area contributed by atoms with Crippen LogP contribution in [0.4, 0.5) is 0 Å². The molecule has 3 rings (SSSR count). The number of nitrogens with one attached hydrogen (secondary N) is 1. The number of halogens is 1. The van der Waals surface area contributed by atoms with Gasteiger partial charge in [-0.1, -0.05) is 6.42 Å². The number of hydrogen-bond donors (Lipinski definition) is 1. The predicted octanol–water partition coefficient (Wildman–Crippen LogP) is 3.13. The summed E-state index contributed by atoms with van der Waals surface area (Å²) in [7, 11) is 0. The van der Waals surface area contributed by atoms with Crippen molar-refractivity contribution in [2.45, 2.75) is 58.5 Å². The number of carbonyl (C=O) groups is 1. The molecule has 4 nitrogen and oxygen atoms in total. The molecule has 0 radical (unpaired) electrons. The molecule has 2 bridgehead atoms. The molecule has 21 heavy (non-hydrogen) atoms. The van der Waals surface area contributed by atoms with Gasteiger partial charge in [0.25, 0.3) is 0 Å². The zero-order chi connectivity index (χ0) is 15.0. The van der Waals surface area contributed by atoms with Crippen molar-refractivity contribution in [1.29, 1.82) is 0 Å². The van der Waals surface area contributed by atoms with Crippen molar-refractivity contribution in [1.82, 2.24) is 15.1 Å². The van der Waals surface area contributed by atoms with Crippen LogP contribution in [0.15, 0.2) is 6.20 Å². The van der Waals surface area contributed by atoms with Crippen LogP contribution >= 0.6 is 22.6 Å². The molecule has 0 saturated heterocycles. The van der Waals surface area contributed by atoms with Gasteiger partial charge in [0.1, 0.15) is 0 Å². The molecule has 1 N–H and O–H groups in total. The fourth-order valence-electron chi connectivity index (χ4n) is 4.20. The second-order valence-corrected chi connectivity index (χ2v) is 7.91. The van der Waals surface area contributed by atoms with Gasteiger partial charge in [0, 0.05) is 24.7 Å². The molecule has 2 aliphatic rings. The first kappa shape index (κ1) is 15.3. The number of aryl methyl sites for hydroxylation is 1. The van der Waals surface area contributed by atoms with E-state index in [1.807, 2.05) is 17.8 Å². The third-order valence-corrected chi connectivity index (χ3v) is 6.48. The normalized spacial score (nSPS) is 28.8. The van der Waals surface area contributed by atoms with Crippen LogP contribution < -0.4 is 5.32 Å². The van der Waals surface area contributed by atoms with E-state index >= 15 is 0 Å². The zero-order valence-corrected chi connectivity index (χ0v) is 15.0. The lowest BCUT2D eigenvalue weighted by Crippen LogP contribution is -2.40. The second-order valence-electron chi connectivity index (χ2n) is 6.75. The van der Waals surface area contributed by atoms with E-state index < -0.39 is 0 Å². The summed E-state index contributed by atoms with van der Waals surface area (Å²) in [6.07, 6.45) is 7.88. The van der Waals surface area contributed by atoms with Gasteiger partial charge in [0.05, 0.1) is 9.77 Å². The van der Waals surface area contributed by atoms with Crippen LogP contribution in [0.5, 0.6) is 0 Å². The summed E-state index contributed by atoms with van der Waals surface area (Å²) in [6, 6.07) is 0.326. The highest BCUT2D eigenvalue weighted by molar-refractivity contribution is 14.1. The van der Waals surface area contributed by atoms with Crippen molar-refractivity contribution < 1.29 is 4.79 Å². The van der Waals surface area contributed by atoms with Gasteiger partial charge in [-0.15, -0.1) is 0 Å². The highest BCUT2D eigenvalue weighted by atomic mass is 127. The first-order valence-corrected chi connectivity index (χ1v) is 9.09. The molecule has 5 heteroatoms. The van der Waals surface area contributed by atoms with E-state index in [9.17, 15) is 4.79 Å². The van der Waals surface area contributed by atoms with E-state index in [0.717, 1.165) is 21.1 Å². The van der Waals surface area contributed by atoms with Crippen LogP contribution in [-0.2, 0) is 11.3 Å². The maximum atomic E-state index is 12.2. The van der Waals surface area contributed by atoms with Gasteiger partial charge in [-0.25, -0.2) is 0 Å². The van der Waals surface area contributed by atoms with Crippen LogP contribution in [0.1, 0.15) is 44.7 Å². The first-order valence-electron chi connectivity index (χ1n) is 8.02. The van der Waals surface area contributed by atoms with Crippen LogP contribution in [-0.4, -0.2) is 21.7 Å². The third-order valence-electron chi connectivity index (χ3n) is 5.42. The Labute approximate surface area is 140 Å². The Balaban J connectivity index is 1.47. The van der Waals surface area contributed by atoms with Gasteiger partial charge in [-0.05, 0) is 73.5 Å². The summed E-state index contributed by atoms with van der Waals surface area (Å²) in [4.78, 5) is 12.2. The van der Waals surface area contributed by atoms with Crippen molar-refractivity contribution in [3.05, 3.63) is 15.5 Å². The lowest BCUT2D eigenvalue weighted by atomic mass is 9.84. The van der Waals surface area contributed by atoms with Gasteiger partial charge >= 0.3 is 0 Å². The summed E-state index contributed by atoms with van der Waals surface area (Å²) < 4.78 is 3.08. The van der Waals surface area contributed by atoms with Crippen LogP contribution in [0.2, 0.25) is 0 Å². The molecule has 0 aliphatic heterocycles. The summed E-state index contributed by atoms with van der Waals surface area (Å²) in [5, 5.41) is 7.53. The molecule has 2 aliphatic carbocycles. The maximum absolute atomic E-state index is 12.2. The van der Waals surface area contributed by atoms with Crippen LogP contribution in [0.25, 0.3) is 0 Å². The van der Waals surface area contributed by atoms with Gasteiger partial charge in [-0.3, -0.25) is 9.48 Å². The quantitative estimate of drug-likeness (QED) is 0.771. The van der Waals surface area contributed by atoms with Crippen molar-refractivity contribution in [2.24, 2.45) is 17.8 Å². The number of fused-ring (bicyclic) bond motifs is 2. The molecule has 0 aromatic carbocycles. The average molecular weight is 401 g/mol. The molecule has 1 heterocycles. The first-order chi connectivity index (χ1) is 10.0. The fraction of sp³-hybridized carbons (Fsp3) is 0.750. The van der Waals surface area contributed by atoms with Crippen molar-refractivity contribution >= 4 is 28.5 Å². The molecular weight excluding hydrogens is 377 g/mol. The van der Waals surface area contributed by atoms with Crippen molar-refractivity contribution in [3.8, 4) is 0 Å². The molecule has 2 fully saturated rings. The molecule has 1 amide bonds. The summed E-state index contributed by atoms with van der Waals surface area (Å²) >= 11 is 2.27.